The van der Waals surface area contributed by atoms with Gasteiger partial charge in [0.2, 0.25) is 0 Å². The van der Waals surface area contributed by atoms with Crippen LogP contribution in [-0.4, -0.2) is 58.1 Å². The van der Waals surface area contributed by atoms with Crippen molar-refractivity contribution in [3.05, 3.63) is 72.9 Å². The van der Waals surface area contributed by atoms with Gasteiger partial charge in [-0.2, -0.15) is 5.10 Å². The smallest absolute Gasteiger partial charge is 0.161 e. The molecule has 182 valence electrons. The van der Waals surface area contributed by atoms with Crippen molar-refractivity contribution in [2.75, 3.05) is 13.1 Å². The third-order valence-electron chi connectivity index (χ3n) is 6.95. The summed E-state index contributed by atoms with van der Waals surface area (Å²) in [5.74, 6) is 0.632. The molecular weight excluding hydrogens is 462 g/mol. The van der Waals surface area contributed by atoms with Crippen LogP contribution in [0.5, 0.6) is 0 Å². The normalized spacial score (nSPS) is 14.5. The van der Waals surface area contributed by atoms with Gasteiger partial charge in [0.1, 0.15) is 11.2 Å². The fraction of sp³-hybridized carbons (Fsp3) is 0.214. The number of hydrogen-bond acceptors (Lipinski definition) is 7. The molecule has 0 amide bonds. The van der Waals surface area contributed by atoms with Gasteiger partial charge in [-0.25, -0.2) is 15.0 Å². The van der Waals surface area contributed by atoms with Gasteiger partial charge in [-0.15, -0.1) is 0 Å². The van der Waals surface area contributed by atoms with E-state index in [0.29, 0.717) is 22.8 Å². The number of H-pyrrole nitrogens is 2. The van der Waals surface area contributed by atoms with Crippen molar-refractivity contribution in [2.45, 2.75) is 25.8 Å². The highest BCUT2D eigenvalue weighted by Gasteiger charge is 2.18. The lowest BCUT2D eigenvalue weighted by atomic mass is 10.1. The van der Waals surface area contributed by atoms with Crippen LogP contribution >= 0.6 is 0 Å². The molecule has 1 aliphatic heterocycles. The van der Waals surface area contributed by atoms with Crippen LogP contribution in [0.25, 0.3) is 56.1 Å². The molecule has 0 bridgehead atoms. The molecule has 0 radical (unpaired) electrons. The Morgan fingerprint density at radius 1 is 0.838 bits per heavy atom. The first-order chi connectivity index (χ1) is 18.3. The van der Waals surface area contributed by atoms with E-state index in [1.807, 2.05) is 42.9 Å². The molecule has 6 aromatic rings. The van der Waals surface area contributed by atoms with Crippen LogP contribution in [-0.2, 0) is 6.54 Å². The van der Waals surface area contributed by atoms with Gasteiger partial charge < -0.3 is 4.98 Å². The summed E-state index contributed by atoms with van der Waals surface area (Å²) in [4.78, 5) is 28.9. The summed E-state index contributed by atoms with van der Waals surface area (Å²) in [7, 11) is 0. The summed E-state index contributed by atoms with van der Waals surface area (Å²) in [5.41, 5.74) is 7.87. The number of aromatic amines is 2. The molecule has 0 aliphatic carbocycles. The molecule has 1 aliphatic rings. The third-order valence-corrected chi connectivity index (χ3v) is 6.95. The minimum atomic E-state index is 0.632. The Morgan fingerprint density at radius 3 is 2.65 bits per heavy atom. The molecule has 2 N–H and O–H groups in total. The van der Waals surface area contributed by atoms with Crippen LogP contribution in [0.3, 0.4) is 0 Å². The highest BCUT2D eigenvalue weighted by molar-refractivity contribution is 5.95. The minimum absolute atomic E-state index is 0.632. The number of likely N-dealkylation sites (tertiary alicyclic amines) is 1. The Kier molecular flexibility index (Phi) is 5.40. The summed E-state index contributed by atoms with van der Waals surface area (Å²) < 4.78 is 0. The maximum absolute atomic E-state index is 4.88. The van der Waals surface area contributed by atoms with Crippen molar-refractivity contribution in [1.82, 2.24) is 45.0 Å². The van der Waals surface area contributed by atoms with E-state index >= 15 is 0 Å². The summed E-state index contributed by atoms with van der Waals surface area (Å²) in [5, 5.41) is 8.48. The van der Waals surface area contributed by atoms with Gasteiger partial charge in [-0.3, -0.25) is 20.0 Å². The van der Waals surface area contributed by atoms with Gasteiger partial charge in [0.15, 0.2) is 17.1 Å². The lowest BCUT2D eigenvalue weighted by Gasteiger charge is -2.26. The van der Waals surface area contributed by atoms with E-state index in [2.05, 4.69) is 52.1 Å². The van der Waals surface area contributed by atoms with Crippen LogP contribution in [0.4, 0.5) is 0 Å². The Balaban J connectivity index is 1.26. The van der Waals surface area contributed by atoms with Gasteiger partial charge in [-0.1, -0.05) is 12.5 Å². The van der Waals surface area contributed by atoms with Crippen molar-refractivity contribution in [3.63, 3.8) is 0 Å². The molecule has 9 nitrogen and oxygen atoms in total. The van der Waals surface area contributed by atoms with E-state index in [9.17, 15) is 0 Å². The van der Waals surface area contributed by atoms with Gasteiger partial charge in [0, 0.05) is 54.2 Å². The van der Waals surface area contributed by atoms with Crippen LogP contribution in [0.1, 0.15) is 24.8 Å². The van der Waals surface area contributed by atoms with Crippen molar-refractivity contribution in [2.24, 2.45) is 0 Å². The Bertz CT molecular complexity index is 1700. The van der Waals surface area contributed by atoms with Crippen molar-refractivity contribution >= 4 is 22.2 Å². The molecule has 1 saturated heterocycles. The van der Waals surface area contributed by atoms with Crippen LogP contribution in [0.2, 0.25) is 0 Å². The fourth-order valence-corrected chi connectivity index (χ4v) is 5.10. The summed E-state index contributed by atoms with van der Waals surface area (Å²) >= 11 is 0. The highest BCUT2D eigenvalue weighted by atomic mass is 15.2. The molecule has 7 heterocycles. The van der Waals surface area contributed by atoms with E-state index in [4.69, 9.17) is 4.98 Å². The average Bonchev–Trinajstić information content (AvgIpc) is 3.58. The quantitative estimate of drug-likeness (QED) is 0.352. The number of fused-ring (bicyclic) bond motifs is 2. The second kappa shape index (κ2) is 9.18. The van der Waals surface area contributed by atoms with E-state index < -0.39 is 0 Å². The predicted octanol–water partition coefficient (Wildman–Crippen LogP) is 5.01. The second-order valence-electron chi connectivity index (χ2n) is 9.47. The topological polar surface area (TPSA) is 112 Å². The number of nitrogens with zero attached hydrogens (tertiary/aromatic N) is 7. The average molecular weight is 488 g/mol. The maximum Gasteiger partial charge on any atom is 0.161 e. The standard InChI is InChI=1S/C28H25N9/c1-4-10-37(11-5-1)17-18-12-19(15-29-14-18)20-13-22-25(35-36-26(22)32-16-20)28-33-24-21(7-9-31-27(24)34-28)23-6-2-3-8-30-23/h2-3,6-9,12-16H,1,4-5,10-11,17H2,(H,31,33,34)(H,32,35,36). The second-order valence-corrected chi connectivity index (χ2v) is 9.47. The number of imidazole rings is 1. The van der Waals surface area contributed by atoms with Gasteiger partial charge in [0.05, 0.1) is 11.1 Å². The molecule has 7 rings (SSSR count). The van der Waals surface area contributed by atoms with E-state index in [1.165, 1.54) is 24.8 Å². The van der Waals surface area contributed by atoms with Crippen molar-refractivity contribution in [3.8, 4) is 33.9 Å². The monoisotopic (exact) mass is 487 g/mol. The number of nitrogens with one attached hydrogen (secondary N) is 2. The lowest BCUT2D eigenvalue weighted by molar-refractivity contribution is 0.220. The van der Waals surface area contributed by atoms with E-state index in [0.717, 1.165) is 52.9 Å². The number of pyridine rings is 4. The van der Waals surface area contributed by atoms with Crippen LogP contribution in [0, 0.1) is 0 Å². The molecule has 0 aromatic carbocycles. The first kappa shape index (κ1) is 21.8. The Labute approximate surface area is 213 Å². The Hall–Kier alpha value is -4.50. The number of hydrogen-bond donors (Lipinski definition) is 2. The van der Waals surface area contributed by atoms with Crippen LogP contribution in [0.15, 0.2) is 67.4 Å². The van der Waals surface area contributed by atoms with E-state index in [1.54, 1.807) is 12.4 Å². The molecule has 37 heavy (non-hydrogen) atoms. The number of piperidine rings is 1. The summed E-state index contributed by atoms with van der Waals surface area (Å²) in [6.07, 6.45) is 13.2. The number of rotatable bonds is 5. The third kappa shape index (κ3) is 4.13. The first-order valence-electron chi connectivity index (χ1n) is 12.6. The summed E-state index contributed by atoms with van der Waals surface area (Å²) in [6, 6.07) is 12.1. The fourth-order valence-electron chi connectivity index (χ4n) is 5.10. The first-order valence-corrected chi connectivity index (χ1v) is 12.6. The largest absolute Gasteiger partial charge is 0.321 e. The highest BCUT2D eigenvalue weighted by Crippen LogP contribution is 2.31. The lowest BCUT2D eigenvalue weighted by Crippen LogP contribution is -2.29. The molecule has 9 heteroatoms. The van der Waals surface area contributed by atoms with Gasteiger partial charge in [-0.05, 0) is 61.8 Å². The molecule has 0 unspecified atom stereocenters. The molecule has 0 saturated carbocycles. The maximum atomic E-state index is 4.88. The molecular formula is C28H25N9. The summed E-state index contributed by atoms with van der Waals surface area (Å²) in [6.45, 7) is 3.24. The zero-order chi connectivity index (χ0) is 24.6. The van der Waals surface area contributed by atoms with E-state index in [-0.39, 0.29) is 0 Å². The zero-order valence-corrected chi connectivity index (χ0v) is 20.2. The van der Waals surface area contributed by atoms with Gasteiger partial charge >= 0.3 is 0 Å². The van der Waals surface area contributed by atoms with Crippen molar-refractivity contribution in [1.29, 1.82) is 0 Å². The predicted molar refractivity (Wildman–Crippen MR) is 142 cm³/mol. The molecule has 0 atom stereocenters. The minimum Gasteiger partial charge on any atom is -0.321 e. The van der Waals surface area contributed by atoms with Crippen molar-refractivity contribution < 1.29 is 0 Å². The number of aromatic nitrogens is 8. The molecule has 1 fully saturated rings. The molecule has 6 aromatic heterocycles. The molecule has 0 spiro atoms. The SMILES string of the molecule is c1ccc(-c2ccnc3[nH]c(-c4n[nH]c5ncc(-c6cncc(CN7CCCCC7)c6)cc45)nc23)nc1. The van der Waals surface area contributed by atoms with Crippen LogP contribution < -0.4 is 0 Å². The zero-order valence-electron chi connectivity index (χ0n) is 20.2. The van der Waals surface area contributed by atoms with Gasteiger partial charge in [0.25, 0.3) is 0 Å². The Morgan fingerprint density at radius 2 is 1.76 bits per heavy atom.